The van der Waals surface area contributed by atoms with E-state index in [1.807, 2.05) is 26.8 Å². The molecule has 0 aliphatic carbocycles. The third-order valence-electron chi connectivity index (χ3n) is 6.28. The SMILES string of the molecule is CCCNC(=O)C(C)N(Cc1c(Cl)cccc1Cl)C(=O)CN(c1cccc(C)c1)S(=O)(=O)c1ccc(C)cc1. The molecule has 1 unspecified atom stereocenters. The summed E-state index contributed by atoms with van der Waals surface area (Å²) in [5.41, 5.74) is 2.54. The fourth-order valence-corrected chi connectivity index (χ4v) is 5.90. The van der Waals surface area contributed by atoms with Crippen molar-refractivity contribution in [1.82, 2.24) is 10.2 Å². The molecule has 1 N–H and O–H groups in total. The van der Waals surface area contributed by atoms with E-state index in [9.17, 15) is 18.0 Å². The Morgan fingerprint density at radius 3 is 2.13 bits per heavy atom. The number of carbonyl (C=O) groups excluding carboxylic acids is 2. The molecule has 2 amide bonds. The fourth-order valence-electron chi connectivity index (χ4n) is 3.98. The smallest absolute Gasteiger partial charge is 0.264 e. The Bertz CT molecular complexity index is 1410. The number of hydrogen-bond donors (Lipinski definition) is 1. The van der Waals surface area contributed by atoms with E-state index in [4.69, 9.17) is 23.2 Å². The summed E-state index contributed by atoms with van der Waals surface area (Å²) in [6.07, 6.45) is 0.721. The second kappa shape index (κ2) is 13.3. The van der Waals surface area contributed by atoms with Crippen LogP contribution in [-0.4, -0.2) is 44.3 Å². The molecule has 3 rings (SSSR count). The van der Waals surface area contributed by atoms with Crippen molar-refractivity contribution in [2.24, 2.45) is 0 Å². The quantitative estimate of drug-likeness (QED) is 0.308. The van der Waals surface area contributed by atoms with Gasteiger partial charge in [-0.25, -0.2) is 8.42 Å². The molecule has 10 heteroatoms. The first-order chi connectivity index (χ1) is 18.4. The molecule has 7 nitrogen and oxygen atoms in total. The molecule has 3 aromatic rings. The first-order valence-corrected chi connectivity index (χ1v) is 14.8. The third-order valence-corrected chi connectivity index (χ3v) is 8.78. The van der Waals surface area contributed by atoms with Crippen LogP contribution in [0.3, 0.4) is 0 Å². The highest BCUT2D eigenvalue weighted by atomic mass is 35.5. The highest BCUT2D eigenvalue weighted by Crippen LogP contribution is 2.28. The first kappa shape index (κ1) is 30.5. The molecule has 0 heterocycles. The zero-order valence-corrected chi connectivity index (χ0v) is 24.8. The van der Waals surface area contributed by atoms with Crippen molar-refractivity contribution in [3.05, 3.63) is 93.5 Å². The normalized spacial score (nSPS) is 12.1. The van der Waals surface area contributed by atoms with Crippen molar-refractivity contribution in [3.63, 3.8) is 0 Å². The van der Waals surface area contributed by atoms with Gasteiger partial charge in [-0.3, -0.25) is 13.9 Å². The topological polar surface area (TPSA) is 86.8 Å². The Morgan fingerprint density at radius 1 is 0.923 bits per heavy atom. The standard InChI is InChI=1S/C29H33Cl2N3O4S/c1-5-16-32-29(36)22(4)33(18-25-26(30)10-7-11-27(25)31)28(35)19-34(23-9-6-8-21(3)17-23)39(37,38)24-14-12-20(2)13-15-24/h6-15,17,22H,5,16,18-19H2,1-4H3,(H,32,36). The lowest BCUT2D eigenvalue weighted by Gasteiger charge is -2.32. The van der Waals surface area contributed by atoms with Crippen LogP contribution < -0.4 is 9.62 Å². The molecule has 0 fully saturated rings. The van der Waals surface area contributed by atoms with E-state index in [1.165, 1.54) is 17.0 Å². The number of nitrogens with zero attached hydrogens (tertiary/aromatic N) is 2. The number of aryl methyl sites for hydroxylation is 2. The molecular weight excluding hydrogens is 557 g/mol. The zero-order valence-electron chi connectivity index (χ0n) is 22.4. The van der Waals surface area contributed by atoms with E-state index in [0.717, 1.165) is 21.9 Å². The first-order valence-electron chi connectivity index (χ1n) is 12.6. The lowest BCUT2D eigenvalue weighted by molar-refractivity contribution is -0.139. The van der Waals surface area contributed by atoms with Gasteiger partial charge in [-0.15, -0.1) is 0 Å². The molecule has 0 radical (unpaired) electrons. The number of hydrogen-bond acceptors (Lipinski definition) is 4. The average Bonchev–Trinajstić information content (AvgIpc) is 2.89. The molecule has 0 saturated carbocycles. The van der Waals surface area contributed by atoms with Gasteiger partial charge in [-0.05, 0) is 69.2 Å². The van der Waals surface area contributed by atoms with Gasteiger partial charge in [0.2, 0.25) is 11.8 Å². The number of amides is 2. The fraction of sp³-hybridized carbons (Fsp3) is 0.310. The number of rotatable bonds is 11. The lowest BCUT2D eigenvalue weighted by Crippen LogP contribution is -2.51. The Hall–Kier alpha value is -3.07. The zero-order chi connectivity index (χ0) is 28.7. The van der Waals surface area contributed by atoms with Crippen molar-refractivity contribution in [3.8, 4) is 0 Å². The van der Waals surface area contributed by atoms with Crippen LogP contribution in [0.2, 0.25) is 10.0 Å². The number of benzene rings is 3. The maximum atomic E-state index is 13.9. The molecule has 3 aromatic carbocycles. The van der Waals surface area contributed by atoms with Gasteiger partial charge >= 0.3 is 0 Å². The van der Waals surface area contributed by atoms with Crippen molar-refractivity contribution >= 4 is 50.7 Å². The summed E-state index contributed by atoms with van der Waals surface area (Å²) in [5, 5.41) is 3.48. The minimum atomic E-state index is -4.13. The van der Waals surface area contributed by atoms with Crippen LogP contribution in [0.5, 0.6) is 0 Å². The highest BCUT2D eigenvalue weighted by molar-refractivity contribution is 7.92. The number of sulfonamides is 1. The predicted molar refractivity (Wildman–Crippen MR) is 157 cm³/mol. The van der Waals surface area contributed by atoms with Gasteiger partial charge in [-0.2, -0.15) is 0 Å². The molecule has 0 aromatic heterocycles. The Kier molecular flexibility index (Phi) is 10.4. The summed E-state index contributed by atoms with van der Waals surface area (Å²) >= 11 is 12.8. The molecule has 0 saturated heterocycles. The predicted octanol–water partition coefficient (Wildman–Crippen LogP) is 5.75. The molecular formula is C29H33Cl2N3O4S. The molecule has 1 atom stereocenters. The Morgan fingerprint density at radius 2 is 1.54 bits per heavy atom. The van der Waals surface area contributed by atoms with Crippen LogP contribution >= 0.6 is 23.2 Å². The average molecular weight is 591 g/mol. The Balaban J connectivity index is 2.06. The minimum absolute atomic E-state index is 0.0526. The lowest BCUT2D eigenvalue weighted by atomic mass is 10.1. The second-order valence-corrected chi connectivity index (χ2v) is 12.0. The monoisotopic (exact) mass is 589 g/mol. The van der Waals surface area contributed by atoms with E-state index in [2.05, 4.69) is 5.32 Å². The number of halogens is 2. The van der Waals surface area contributed by atoms with E-state index in [-0.39, 0.29) is 17.3 Å². The largest absolute Gasteiger partial charge is 0.354 e. The van der Waals surface area contributed by atoms with Gasteiger partial charge in [0.15, 0.2) is 0 Å². The highest BCUT2D eigenvalue weighted by Gasteiger charge is 2.33. The van der Waals surface area contributed by atoms with Gasteiger partial charge in [0.25, 0.3) is 10.0 Å². The second-order valence-electron chi connectivity index (χ2n) is 9.35. The van der Waals surface area contributed by atoms with Crippen molar-refractivity contribution in [2.45, 2.75) is 51.6 Å². The van der Waals surface area contributed by atoms with Crippen LogP contribution in [0.25, 0.3) is 0 Å². The molecule has 0 aliphatic rings. The van der Waals surface area contributed by atoms with Crippen LogP contribution in [0.4, 0.5) is 5.69 Å². The van der Waals surface area contributed by atoms with Gasteiger partial charge in [0.1, 0.15) is 12.6 Å². The van der Waals surface area contributed by atoms with E-state index < -0.39 is 28.5 Å². The summed E-state index contributed by atoms with van der Waals surface area (Å²) in [7, 11) is -4.13. The number of anilines is 1. The van der Waals surface area contributed by atoms with Crippen LogP contribution in [0.1, 0.15) is 37.0 Å². The number of carbonyl (C=O) groups is 2. The van der Waals surface area contributed by atoms with Gasteiger partial charge in [-0.1, -0.05) is 66.0 Å². The summed E-state index contributed by atoms with van der Waals surface area (Å²) < 4.78 is 28.8. The van der Waals surface area contributed by atoms with Crippen molar-refractivity contribution < 1.29 is 18.0 Å². The van der Waals surface area contributed by atoms with E-state index in [0.29, 0.717) is 27.8 Å². The summed E-state index contributed by atoms with van der Waals surface area (Å²) in [6.45, 7) is 7.05. The van der Waals surface area contributed by atoms with E-state index in [1.54, 1.807) is 55.5 Å². The van der Waals surface area contributed by atoms with Gasteiger partial charge < -0.3 is 10.2 Å². The molecule has 0 bridgehead atoms. The maximum absolute atomic E-state index is 13.9. The van der Waals surface area contributed by atoms with Crippen LogP contribution in [0.15, 0.2) is 71.6 Å². The number of nitrogens with one attached hydrogen (secondary N) is 1. The summed E-state index contributed by atoms with van der Waals surface area (Å²) in [6, 6.07) is 17.4. The molecule has 0 spiro atoms. The molecule has 39 heavy (non-hydrogen) atoms. The van der Waals surface area contributed by atoms with E-state index >= 15 is 0 Å². The van der Waals surface area contributed by atoms with Crippen LogP contribution in [0, 0.1) is 13.8 Å². The third kappa shape index (κ3) is 7.53. The van der Waals surface area contributed by atoms with Gasteiger partial charge in [0, 0.05) is 28.7 Å². The summed E-state index contributed by atoms with van der Waals surface area (Å²) in [4.78, 5) is 28.3. The maximum Gasteiger partial charge on any atom is 0.264 e. The Labute approximate surface area is 240 Å². The minimum Gasteiger partial charge on any atom is -0.354 e. The van der Waals surface area contributed by atoms with Crippen molar-refractivity contribution in [2.75, 3.05) is 17.4 Å². The molecule has 208 valence electrons. The molecule has 0 aliphatic heterocycles. The van der Waals surface area contributed by atoms with Gasteiger partial charge in [0.05, 0.1) is 10.6 Å². The summed E-state index contributed by atoms with van der Waals surface area (Å²) in [5.74, 6) is -0.945. The van der Waals surface area contributed by atoms with Crippen molar-refractivity contribution in [1.29, 1.82) is 0 Å². The van der Waals surface area contributed by atoms with Crippen LogP contribution in [-0.2, 0) is 26.2 Å².